The molecule has 0 unspecified atom stereocenters. The van der Waals surface area contributed by atoms with Crippen LogP contribution < -0.4 is 5.32 Å². The van der Waals surface area contributed by atoms with Gasteiger partial charge in [-0.05, 0) is 19.4 Å². The Balaban J connectivity index is 0.00000261. The SMILES string of the molecule is CCNC(=NCc1nncn1CC)N1CCN(Cc2ccccc2)CC1.I. The Hall–Kier alpha value is -1.68. The molecule has 0 saturated carbocycles. The second-order valence-corrected chi connectivity index (χ2v) is 6.45. The number of nitrogens with zero attached hydrogens (tertiary/aromatic N) is 6. The lowest BCUT2D eigenvalue weighted by atomic mass is 10.2. The number of aliphatic imine (C=N–C) groups is 1. The van der Waals surface area contributed by atoms with Gasteiger partial charge in [-0.25, -0.2) is 4.99 Å². The highest BCUT2D eigenvalue weighted by molar-refractivity contribution is 14.0. The molecule has 0 bridgehead atoms. The van der Waals surface area contributed by atoms with Gasteiger partial charge >= 0.3 is 0 Å². The van der Waals surface area contributed by atoms with Crippen molar-refractivity contribution in [2.45, 2.75) is 33.5 Å². The van der Waals surface area contributed by atoms with Crippen LogP contribution in [0.3, 0.4) is 0 Å². The average molecular weight is 483 g/mol. The molecule has 148 valence electrons. The molecule has 1 aromatic carbocycles. The van der Waals surface area contributed by atoms with E-state index < -0.39 is 0 Å². The van der Waals surface area contributed by atoms with Crippen LogP contribution in [0.15, 0.2) is 41.7 Å². The molecule has 1 fully saturated rings. The predicted molar refractivity (Wildman–Crippen MR) is 119 cm³/mol. The topological polar surface area (TPSA) is 61.6 Å². The van der Waals surface area contributed by atoms with Gasteiger partial charge in [0.2, 0.25) is 0 Å². The van der Waals surface area contributed by atoms with Gasteiger partial charge in [-0.2, -0.15) is 0 Å². The molecule has 1 aliphatic rings. The minimum absolute atomic E-state index is 0. The first kappa shape index (κ1) is 21.6. The minimum atomic E-state index is 0. The molecule has 0 atom stereocenters. The quantitative estimate of drug-likeness (QED) is 0.388. The number of halogens is 1. The zero-order chi connectivity index (χ0) is 18.2. The van der Waals surface area contributed by atoms with Gasteiger partial charge in [0, 0.05) is 45.8 Å². The monoisotopic (exact) mass is 483 g/mol. The molecule has 0 radical (unpaired) electrons. The third kappa shape index (κ3) is 6.17. The van der Waals surface area contributed by atoms with E-state index in [1.165, 1.54) is 5.56 Å². The molecular weight excluding hydrogens is 453 g/mol. The Kier molecular flexibility index (Phi) is 8.99. The van der Waals surface area contributed by atoms with E-state index in [-0.39, 0.29) is 24.0 Å². The van der Waals surface area contributed by atoms with Crippen LogP contribution in [0.5, 0.6) is 0 Å². The second kappa shape index (κ2) is 11.2. The Morgan fingerprint density at radius 3 is 2.52 bits per heavy atom. The zero-order valence-corrected chi connectivity index (χ0v) is 18.5. The molecule has 1 aromatic heterocycles. The van der Waals surface area contributed by atoms with Gasteiger partial charge in [-0.3, -0.25) is 4.90 Å². The first-order chi connectivity index (χ1) is 12.8. The van der Waals surface area contributed by atoms with E-state index in [2.05, 4.69) is 69.5 Å². The van der Waals surface area contributed by atoms with E-state index in [0.29, 0.717) is 6.54 Å². The van der Waals surface area contributed by atoms with Crippen molar-refractivity contribution in [1.82, 2.24) is 29.9 Å². The molecule has 0 amide bonds. The first-order valence-electron chi connectivity index (χ1n) is 9.46. The number of rotatable bonds is 6. The van der Waals surface area contributed by atoms with Crippen LogP contribution in [0.25, 0.3) is 0 Å². The smallest absolute Gasteiger partial charge is 0.194 e. The van der Waals surface area contributed by atoms with Crippen molar-refractivity contribution in [2.24, 2.45) is 4.99 Å². The molecule has 7 nitrogen and oxygen atoms in total. The fourth-order valence-electron chi connectivity index (χ4n) is 3.20. The second-order valence-electron chi connectivity index (χ2n) is 6.45. The molecule has 3 rings (SSSR count). The number of nitrogens with one attached hydrogen (secondary N) is 1. The largest absolute Gasteiger partial charge is 0.357 e. The van der Waals surface area contributed by atoms with Crippen LogP contribution in [-0.4, -0.2) is 63.2 Å². The van der Waals surface area contributed by atoms with Gasteiger partial charge in [-0.15, -0.1) is 34.2 Å². The Bertz CT molecular complexity index is 693. The zero-order valence-electron chi connectivity index (χ0n) is 16.2. The number of piperazine rings is 1. The summed E-state index contributed by atoms with van der Waals surface area (Å²) >= 11 is 0. The highest BCUT2D eigenvalue weighted by Crippen LogP contribution is 2.09. The number of aryl methyl sites for hydroxylation is 1. The lowest BCUT2D eigenvalue weighted by Crippen LogP contribution is -2.52. The summed E-state index contributed by atoms with van der Waals surface area (Å²) in [4.78, 5) is 9.63. The van der Waals surface area contributed by atoms with Gasteiger partial charge in [0.25, 0.3) is 0 Å². The average Bonchev–Trinajstić information content (AvgIpc) is 3.14. The number of hydrogen-bond donors (Lipinski definition) is 1. The van der Waals surface area contributed by atoms with E-state index >= 15 is 0 Å². The van der Waals surface area contributed by atoms with Crippen molar-refractivity contribution >= 4 is 29.9 Å². The highest BCUT2D eigenvalue weighted by Gasteiger charge is 2.19. The lowest BCUT2D eigenvalue weighted by Gasteiger charge is -2.36. The van der Waals surface area contributed by atoms with Gasteiger partial charge in [0.15, 0.2) is 11.8 Å². The summed E-state index contributed by atoms with van der Waals surface area (Å²) in [6.45, 7) is 11.6. The van der Waals surface area contributed by atoms with E-state index in [0.717, 1.165) is 57.6 Å². The summed E-state index contributed by atoms with van der Waals surface area (Å²) in [6, 6.07) is 10.7. The fraction of sp³-hybridized carbons (Fsp3) is 0.526. The van der Waals surface area contributed by atoms with Crippen LogP contribution >= 0.6 is 24.0 Å². The van der Waals surface area contributed by atoms with Crippen LogP contribution in [0.4, 0.5) is 0 Å². The Morgan fingerprint density at radius 2 is 1.85 bits per heavy atom. The Morgan fingerprint density at radius 1 is 1.11 bits per heavy atom. The number of hydrogen-bond acceptors (Lipinski definition) is 4. The van der Waals surface area contributed by atoms with Gasteiger partial charge in [-0.1, -0.05) is 30.3 Å². The van der Waals surface area contributed by atoms with Gasteiger partial charge < -0.3 is 14.8 Å². The third-order valence-corrected chi connectivity index (χ3v) is 4.66. The molecule has 8 heteroatoms. The van der Waals surface area contributed by atoms with E-state index in [9.17, 15) is 0 Å². The number of guanidine groups is 1. The van der Waals surface area contributed by atoms with Crippen LogP contribution in [0.2, 0.25) is 0 Å². The molecule has 2 aromatic rings. The van der Waals surface area contributed by atoms with Crippen LogP contribution in [-0.2, 0) is 19.6 Å². The van der Waals surface area contributed by atoms with Crippen LogP contribution in [0, 0.1) is 0 Å². The standard InChI is InChI=1S/C19H29N7.HI/c1-3-20-19(21-14-18-23-22-16-25(18)4-2)26-12-10-24(11-13-26)15-17-8-6-5-7-9-17;/h5-9,16H,3-4,10-15H2,1-2H3,(H,20,21);1H. The molecule has 27 heavy (non-hydrogen) atoms. The highest BCUT2D eigenvalue weighted by atomic mass is 127. The van der Waals surface area contributed by atoms with Crippen molar-refractivity contribution in [2.75, 3.05) is 32.7 Å². The van der Waals surface area contributed by atoms with Crippen molar-refractivity contribution in [3.63, 3.8) is 0 Å². The Labute approximate surface area is 178 Å². The summed E-state index contributed by atoms with van der Waals surface area (Å²) in [5.41, 5.74) is 1.38. The molecule has 1 N–H and O–H groups in total. The summed E-state index contributed by atoms with van der Waals surface area (Å²) in [6.07, 6.45) is 1.76. The van der Waals surface area contributed by atoms with E-state index in [1.807, 2.05) is 4.57 Å². The maximum absolute atomic E-state index is 4.79. The van der Waals surface area contributed by atoms with Crippen LogP contribution in [0.1, 0.15) is 25.2 Å². The number of aromatic nitrogens is 3. The molecule has 0 aliphatic carbocycles. The summed E-state index contributed by atoms with van der Waals surface area (Å²) in [5, 5.41) is 11.6. The van der Waals surface area contributed by atoms with Gasteiger partial charge in [0.05, 0.1) is 0 Å². The maximum Gasteiger partial charge on any atom is 0.194 e. The third-order valence-electron chi connectivity index (χ3n) is 4.66. The van der Waals surface area contributed by atoms with Crippen molar-refractivity contribution in [1.29, 1.82) is 0 Å². The molecule has 1 saturated heterocycles. The summed E-state index contributed by atoms with van der Waals surface area (Å²) in [7, 11) is 0. The molecule has 0 spiro atoms. The normalized spacial score (nSPS) is 15.5. The first-order valence-corrected chi connectivity index (χ1v) is 9.46. The number of benzene rings is 1. The summed E-state index contributed by atoms with van der Waals surface area (Å²) < 4.78 is 2.03. The molecule has 2 heterocycles. The minimum Gasteiger partial charge on any atom is -0.357 e. The lowest BCUT2D eigenvalue weighted by molar-refractivity contribution is 0.172. The van der Waals surface area contributed by atoms with Gasteiger partial charge in [0.1, 0.15) is 12.9 Å². The predicted octanol–water partition coefficient (Wildman–Crippen LogP) is 2.20. The molecule has 1 aliphatic heterocycles. The molecular formula is C19H30IN7. The summed E-state index contributed by atoms with van der Waals surface area (Å²) in [5.74, 6) is 1.88. The fourth-order valence-corrected chi connectivity index (χ4v) is 3.20. The van der Waals surface area contributed by atoms with E-state index in [4.69, 9.17) is 4.99 Å². The van der Waals surface area contributed by atoms with E-state index in [1.54, 1.807) is 6.33 Å². The van der Waals surface area contributed by atoms with Crippen molar-refractivity contribution in [3.05, 3.63) is 48.0 Å². The van der Waals surface area contributed by atoms with Crippen molar-refractivity contribution < 1.29 is 0 Å². The van der Waals surface area contributed by atoms with Crippen molar-refractivity contribution in [3.8, 4) is 0 Å². The maximum atomic E-state index is 4.79.